The van der Waals surface area contributed by atoms with E-state index < -0.39 is 0 Å². The van der Waals surface area contributed by atoms with E-state index in [-0.39, 0.29) is 5.41 Å². The first kappa shape index (κ1) is 28.2. The lowest BCUT2D eigenvalue weighted by atomic mass is 9.82. The van der Waals surface area contributed by atoms with Crippen molar-refractivity contribution in [2.24, 2.45) is 0 Å². The van der Waals surface area contributed by atoms with E-state index in [1.807, 2.05) is 24.3 Å². The first-order valence-electron chi connectivity index (χ1n) is 16.5. The first-order valence-corrected chi connectivity index (χ1v) is 16.5. The normalized spacial score (nSPS) is 14.2. The molecule has 9 rings (SSSR count). The topological polar surface area (TPSA) is 35.6 Å². The van der Waals surface area contributed by atoms with Gasteiger partial charge in [0.15, 0.2) is 0 Å². The van der Waals surface area contributed by atoms with Gasteiger partial charge in [0.2, 0.25) is 5.95 Å². The van der Waals surface area contributed by atoms with Gasteiger partial charge in [0.25, 0.3) is 0 Å². The summed E-state index contributed by atoms with van der Waals surface area (Å²) in [6, 6.07) is 41.0. The smallest absolute Gasteiger partial charge is 0.235 e. The molecule has 0 atom stereocenters. The van der Waals surface area contributed by atoms with E-state index in [9.17, 15) is 0 Å². The molecule has 0 fully saturated rings. The number of hydrogen-bond acceptors (Lipinski definition) is 2. The van der Waals surface area contributed by atoms with Gasteiger partial charge in [0.1, 0.15) is 0 Å². The molecule has 0 amide bonds. The molecule has 1 aliphatic carbocycles. The highest BCUT2D eigenvalue weighted by Gasteiger charge is 2.34. The average Bonchev–Trinajstić information content (AvgIpc) is 3.74. The maximum absolute atomic E-state index is 5.28. The molecule has 5 aromatic carbocycles. The molecular weight excluding hydrogens is 585 g/mol. The van der Waals surface area contributed by atoms with Gasteiger partial charge in [0.05, 0.1) is 27.8 Å². The predicted octanol–water partition coefficient (Wildman–Crippen LogP) is 11.1. The lowest BCUT2D eigenvalue weighted by Gasteiger charge is -2.23. The number of fused-ring (bicyclic) bond motifs is 6. The van der Waals surface area contributed by atoms with Crippen LogP contribution in [0.5, 0.6) is 0 Å². The van der Waals surface area contributed by atoms with Gasteiger partial charge in [-0.2, -0.15) is 0 Å². The number of rotatable bonds is 5. The molecule has 0 spiro atoms. The molecular formula is C44H34N4. The van der Waals surface area contributed by atoms with E-state index >= 15 is 0 Å². The fourth-order valence-electron chi connectivity index (χ4n) is 7.57. The second kappa shape index (κ2) is 10.5. The SMILES string of the molecule is C=C/C=C\C1=C(C)C(C)(C)c2cc(-n3ccc4cc5c6ccccc6n(-c6nc(-c7ccccc7)c7ccccc7n6)c5cc43)ccc21. The Morgan fingerprint density at radius 2 is 1.48 bits per heavy atom. The number of para-hydroxylation sites is 2. The lowest BCUT2D eigenvalue weighted by Crippen LogP contribution is -2.15. The highest BCUT2D eigenvalue weighted by Crippen LogP contribution is 2.47. The number of benzene rings is 5. The number of nitrogens with zero attached hydrogens (tertiary/aromatic N) is 4. The Morgan fingerprint density at radius 3 is 2.31 bits per heavy atom. The van der Waals surface area contributed by atoms with Gasteiger partial charge in [-0.15, -0.1) is 0 Å². The summed E-state index contributed by atoms with van der Waals surface area (Å²) in [5.41, 5.74) is 12.6. The standard InChI is InChI=1S/C44H34N4/c1-5-6-16-32-28(2)44(3,4)37-26-31(21-22-33(32)37)47-24-23-30-25-36-34-17-11-13-20-39(34)48(41(36)27-40(30)47)43-45-38-19-12-10-18-35(38)42(46-43)29-14-8-7-9-15-29/h5-27H,1H2,2-4H3/b16-6-. The summed E-state index contributed by atoms with van der Waals surface area (Å²) in [6.07, 6.45) is 8.26. The zero-order valence-corrected chi connectivity index (χ0v) is 27.3. The lowest BCUT2D eigenvalue weighted by molar-refractivity contribution is 0.638. The van der Waals surface area contributed by atoms with Gasteiger partial charge in [0, 0.05) is 44.4 Å². The van der Waals surface area contributed by atoms with Crippen molar-refractivity contribution >= 4 is 49.2 Å². The van der Waals surface area contributed by atoms with E-state index in [0.717, 1.165) is 44.4 Å². The van der Waals surface area contributed by atoms with Crippen molar-refractivity contribution in [3.05, 3.63) is 163 Å². The summed E-state index contributed by atoms with van der Waals surface area (Å²) in [4.78, 5) is 10.5. The number of aromatic nitrogens is 4. The monoisotopic (exact) mass is 618 g/mol. The maximum Gasteiger partial charge on any atom is 0.235 e. The van der Waals surface area contributed by atoms with Crippen LogP contribution in [-0.4, -0.2) is 19.1 Å². The van der Waals surface area contributed by atoms with E-state index in [0.29, 0.717) is 5.95 Å². The van der Waals surface area contributed by atoms with Crippen LogP contribution in [0.2, 0.25) is 0 Å². The minimum atomic E-state index is -0.0707. The van der Waals surface area contributed by atoms with Gasteiger partial charge in [-0.3, -0.25) is 4.57 Å². The summed E-state index contributed by atoms with van der Waals surface area (Å²) >= 11 is 0. The summed E-state index contributed by atoms with van der Waals surface area (Å²) in [6.45, 7) is 10.8. The van der Waals surface area contributed by atoms with Gasteiger partial charge in [-0.05, 0) is 66.1 Å². The molecule has 3 aromatic heterocycles. The van der Waals surface area contributed by atoms with Crippen molar-refractivity contribution in [3.8, 4) is 22.9 Å². The van der Waals surface area contributed by atoms with Gasteiger partial charge >= 0.3 is 0 Å². The summed E-state index contributed by atoms with van der Waals surface area (Å²) < 4.78 is 4.55. The minimum absolute atomic E-state index is 0.0707. The van der Waals surface area contributed by atoms with Crippen LogP contribution in [0.3, 0.4) is 0 Å². The average molecular weight is 619 g/mol. The van der Waals surface area contributed by atoms with Crippen molar-refractivity contribution in [1.82, 2.24) is 19.1 Å². The predicted molar refractivity (Wildman–Crippen MR) is 201 cm³/mol. The van der Waals surface area contributed by atoms with Crippen molar-refractivity contribution in [2.75, 3.05) is 0 Å². The Morgan fingerprint density at radius 1 is 0.708 bits per heavy atom. The highest BCUT2D eigenvalue weighted by molar-refractivity contribution is 6.13. The third-order valence-corrected chi connectivity index (χ3v) is 10.3. The molecule has 0 bridgehead atoms. The molecule has 230 valence electrons. The van der Waals surface area contributed by atoms with Crippen LogP contribution in [0.4, 0.5) is 0 Å². The van der Waals surface area contributed by atoms with Crippen molar-refractivity contribution in [1.29, 1.82) is 0 Å². The van der Waals surface area contributed by atoms with E-state index in [4.69, 9.17) is 9.97 Å². The summed E-state index contributed by atoms with van der Waals surface area (Å²) in [5, 5.41) is 4.60. The Kier molecular flexibility index (Phi) is 6.18. The molecule has 3 heterocycles. The van der Waals surface area contributed by atoms with Gasteiger partial charge < -0.3 is 4.57 Å². The third-order valence-electron chi connectivity index (χ3n) is 10.3. The molecule has 1 aliphatic rings. The molecule has 0 saturated heterocycles. The molecule has 48 heavy (non-hydrogen) atoms. The van der Waals surface area contributed by atoms with Crippen molar-refractivity contribution in [2.45, 2.75) is 26.2 Å². The number of hydrogen-bond donors (Lipinski definition) is 0. The second-order valence-corrected chi connectivity index (χ2v) is 13.2. The van der Waals surface area contributed by atoms with Crippen molar-refractivity contribution < 1.29 is 0 Å². The number of allylic oxidation sites excluding steroid dienone is 5. The zero-order valence-electron chi connectivity index (χ0n) is 27.3. The van der Waals surface area contributed by atoms with Crippen LogP contribution in [0.1, 0.15) is 31.9 Å². The zero-order chi connectivity index (χ0) is 32.6. The molecule has 0 N–H and O–H groups in total. The van der Waals surface area contributed by atoms with Crippen LogP contribution < -0.4 is 0 Å². The Balaban J connectivity index is 1.28. The fourth-order valence-corrected chi connectivity index (χ4v) is 7.57. The molecule has 8 aromatic rings. The van der Waals surface area contributed by atoms with Crippen LogP contribution in [-0.2, 0) is 5.41 Å². The Bertz CT molecular complexity index is 2660. The largest absolute Gasteiger partial charge is 0.316 e. The Labute approximate surface area is 279 Å². The van der Waals surface area contributed by atoms with Crippen LogP contribution in [0.25, 0.3) is 72.1 Å². The molecule has 4 nitrogen and oxygen atoms in total. The van der Waals surface area contributed by atoms with Crippen LogP contribution >= 0.6 is 0 Å². The van der Waals surface area contributed by atoms with E-state index in [1.54, 1.807) is 0 Å². The molecule has 0 saturated carbocycles. The molecule has 0 aliphatic heterocycles. The van der Waals surface area contributed by atoms with Crippen molar-refractivity contribution in [3.63, 3.8) is 0 Å². The van der Waals surface area contributed by atoms with E-state index in [1.165, 1.54) is 38.4 Å². The Hall–Kier alpha value is -6.00. The summed E-state index contributed by atoms with van der Waals surface area (Å²) in [7, 11) is 0. The van der Waals surface area contributed by atoms with Gasteiger partial charge in [-0.1, -0.05) is 117 Å². The quantitative estimate of drug-likeness (QED) is 0.180. The fraction of sp³-hybridized carbons (Fsp3) is 0.0909. The maximum atomic E-state index is 5.28. The van der Waals surface area contributed by atoms with Gasteiger partial charge in [-0.25, -0.2) is 9.97 Å². The van der Waals surface area contributed by atoms with Crippen LogP contribution in [0, 0.1) is 0 Å². The molecule has 4 heteroatoms. The summed E-state index contributed by atoms with van der Waals surface area (Å²) in [5.74, 6) is 0.664. The first-order chi connectivity index (χ1) is 23.4. The molecule has 0 unspecified atom stereocenters. The highest BCUT2D eigenvalue weighted by atomic mass is 15.2. The van der Waals surface area contributed by atoms with Crippen LogP contribution in [0.15, 0.2) is 152 Å². The van der Waals surface area contributed by atoms with E-state index in [2.05, 4.69) is 152 Å². The molecule has 0 radical (unpaired) electrons. The third kappa shape index (κ3) is 4.09. The minimum Gasteiger partial charge on any atom is -0.316 e. The second-order valence-electron chi connectivity index (χ2n) is 13.2.